The molecule has 0 fully saturated rings. The molecule has 2 heterocycles. The summed E-state index contributed by atoms with van der Waals surface area (Å²) >= 11 is 0. The zero-order valence-electron chi connectivity index (χ0n) is 15.5. The first-order valence-corrected chi connectivity index (χ1v) is 9.03. The number of imide groups is 1. The summed E-state index contributed by atoms with van der Waals surface area (Å²) in [6.07, 6.45) is 0.551. The van der Waals surface area contributed by atoms with Gasteiger partial charge in [0.15, 0.2) is 0 Å². The molecule has 2 aliphatic heterocycles. The predicted molar refractivity (Wildman–Crippen MR) is 101 cm³/mol. The van der Waals surface area contributed by atoms with E-state index in [9.17, 15) is 24.5 Å². The molecule has 0 saturated heterocycles. The summed E-state index contributed by atoms with van der Waals surface area (Å²) in [6.45, 7) is 1.85. The van der Waals surface area contributed by atoms with E-state index in [0.717, 1.165) is 22.1 Å². The van der Waals surface area contributed by atoms with Crippen molar-refractivity contribution in [3.8, 4) is 5.75 Å². The van der Waals surface area contributed by atoms with Crippen LogP contribution in [0.2, 0.25) is 0 Å². The van der Waals surface area contributed by atoms with Crippen molar-refractivity contribution in [3.63, 3.8) is 0 Å². The second-order valence-electron chi connectivity index (χ2n) is 6.95. The standard InChI is InChI=1S/C20H17N3O6/c1-11-5-6-16-13(9-11)14(7-8-29-16)21-17(24)10-22-19(25)12-3-2-4-15(23(27)28)18(12)20(22)26/h2-6,9,14H,7-8,10H2,1H3,(H,21,24). The SMILES string of the molecule is Cc1ccc2c(c1)C(NC(=O)CN1C(=O)c3cccc([N+](=O)[O-])c3C1=O)CCO2. The number of nitrogens with zero attached hydrogens (tertiary/aromatic N) is 2. The summed E-state index contributed by atoms with van der Waals surface area (Å²) in [5.41, 5.74) is 1.06. The van der Waals surface area contributed by atoms with Gasteiger partial charge in [0.25, 0.3) is 17.5 Å². The van der Waals surface area contributed by atoms with Crippen molar-refractivity contribution in [1.82, 2.24) is 10.2 Å². The van der Waals surface area contributed by atoms with Crippen molar-refractivity contribution in [2.24, 2.45) is 0 Å². The Hall–Kier alpha value is -3.75. The Balaban J connectivity index is 1.53. The Kier molecular flexibility index (Phi) is 4.50. The van der Waals surface area contributed by atoms with Crippen molar-refractivity contribution in [2.45, 2.75) is 19.4 Å². The van der Waals surface area contributed by atoms with Gasteiger partial charge in [-0.25, -0.2) is 0 Å². The molecule has 1 unspecified atom stereocenters. The van der Waals surface area contributed by atoms with Crippen LogP contribution in [0.25, 0.3) is 0 Å². The lowest BCUT2D eigenvalue weighted by molar-refractivity contribution is -0.385. The van der Waals surface area contributed by atoms with Crippen molar-refractivity contribution < 1.29 is 24.0 Å². The molecule has 148 valence electrons. The van der Waals surface area contributed by atoms with Crippen molar-refractivity contribution in [2.75, 3.05) is 13.2 Å². The van der Waals surface area contributed by atoms with Crippen LogP contribution in [0.5, 0.6) is 5.75 Å². The Bertz CT molecular complexity index is 1060. The third-order valence-electron chi connectivity index (χ3n) is 5.02. The average molecular weight is 395 g/mol. The monoisotopic (exact) mass is 395 g/mol. The number of hydrogen-bond donors (Lipinski definition) is 1. The van der Waals surface area contributed by atoms with Crippen LogP contribution < -0.4 is 10.1 Å². The highest BCUT2D eigenvalue weighted by molar-refractivity contribution is 6.24. The molecular formula is C20H17N3O6. The fourth-order valence-electron chi connectivity index (χ4n) is 3.66. The Morgan fingerprint density at radius 3 is 2.83 bits per heavy atom. The minimum Gasteiger partial charge on any atom is -0.493 e. The normalized spacial score (nSPS) is 17.4. The van der Waals surface area contributed by atoms with Crippen molar-refractivity contribution >= 4 is 23.4 Å². The molecule has 0 bridgehead atoms. The number of benzene rings is 2. The minimum absolute atomic E-state index is 0.0657. The van der Waals surface area contributed by atoms with Gasteiger partial charge in [-0.2, -0.15) is 0 Å². The molecule has 2 aromatic carbocycles. The summed E-state index contributed by atoms with van der Waals surface area (Å²) in [7, 11) is 0. The van der Waals surface area contributed by atoms with Crippen LogP contribution in [-0.4, -0.2) is 40.7 Å². The van der Waals surface area contributed by atoms with Crippen LogP contribution in [0.1, 0.15) is 44.3 Å². The van der Waals surface area contributed by atoms with E-state index in [1.807, 2.05) is 25.1 Å². The van der Waals surface area contributed by atoms with E-state index in [2.05, 4.69) is 5.32 Å². The molecule has 0 aliphatic carbocycles. The van der Waals surface area contributed by atoms with E-state index in [-0.39, 0.29) is 17.2 Å². The first-order chi connectivity index (χ1) is 13.9. The quantitative estimate of drug-likeness (QED) is 0.481. The minimum atomic E-state index is -0.837. The number of hydrogen-bond acceptors (Lipinski definition) is 6. The number of nitro groups is 1. The number of amides is 3. The number of carbonyl (C=O) groups excluding carboxylic acids is 3. The molecule has 4 rings (SSSR count). The van der Waals surface area contributed by atoms with Gasteiger partial charge in [-0.15, -0.1) is 0 Å². The van der Waals surface area contributed by atoms with Gasteiger partial charge in [0.2, 0.25) is 5.91 Å². The van der Waals surface area contributed by atoms with Crippen LogP contribution in [0, 0.1) is 17.0 Å². The fourth-order valence-corrected chi connectivity index (χ4v) is 3.66. The summed E-state index contributed by atoms with van der Waals surface area (Å²) in [6, 6.07) is 9.21. The van der Waals surface area contributed by atoms with Crippen molar-refractivity contribution in [1.29, 1.82) is 0 Å². The molecule has 0 aromatic heterocycles. The first kappa shape index (κ1) is 18.6. The molecule has 29 heavy (non-hydrogen) atoms. The highest BCUT2D eigenvalue weighted by Gasteiger charge is 2.41. The average Bonchev–Trinajstić information content (AvgIpc) is 2.93. The van der Waals surface area contributed by atoms with Crippen LogP contribution >= 0.6 is 0 Å². The van der Waals surface area contributed by atoms with Crippen LogP contribution in [0.15, 0.2) is 36.4 Å². The third-order valence-corrected chi connectivity index (χ3v) is 5.02. The molecule has 0 radical (unpaired) electrons. The molecular weight excluding hydrogens is 378 g/mol. The number of carbonyl (C=O) groups is 3. The molecule has 0 saturated carbocycles. The van der Waals surface area contributed by atoms with E-state index in [1.165, 1.54) is 12.1 Å². The Morgan fingerprint density at radius 2 is 2.07 bits per heavy atom. The molecule has 0 spiro atoms. The summed E-state index contributed by atoms with van der Waals surface area (Å²) < 4.78 is 5.60. The van der Waals surface area contributed by atoms with E-state index >= 15 is 0 Å². The fraction of sp³-hybridized carbons (Fsp3) is 0.250. The maximum atomic E-state index is 12.6. The van der Waals surface area contributed by atoms with Gasteiger partial charge >= 0.3 is 0 Å². The largest absolute Gasteiger partial charge is 0.493 e. The number of rotatable bonds is 4. The second kappa shape index (κ2) is 7.01. The van der Waals surface area contributed by atoms with Gasteiger partial charge in [-0.1, -0.05) is 23.8 Å². The van der Waals surface area contributed by atoms with Gasteiger partial charge in [0.05, 0.1) is 23.1 Å². The van der Waals surface area contributed by atoms with Gasteiger partial charge in [-0.05, 0) is 19.1 Å². The summed E-state index contributed by atoms with van der Waals surface area (Å²) in [5.74, 6) is -1.40. The molecule has 9 heteroatoms. The lowest BCUT2D eigenvalue weighted by Gasteiger charge is -2.27. The topological polar surface area (TPSA) is 119 Å². The highest BCUT2D eigenvalue weighted by atomic mass is 16.6. The molecule has 2 aromatic rings. The maximum Gasteiger partial charge on any atom is 0.282 e. The smallest absolute Gasteiger partial charge is 0.282 e. The Labute approximate surface area is 165 Å². The molecule has 1 atom stereocenters. The van der Waals surface area contributed by atoms with Gasteiger partial charge in [0.1, 0.15) is 17.9 Å². The van der Waals surface area contributed by atoms with Crippen LogP contribution in [-0.2, 0) is 4.79 Å². The zero-order valence-corrected chi connectivity index (χ0v) is 15.5. The van der Waals surface area contributed by atoms with E-state index in [0.29, 0.717) is 18.8 Å². The number of fused-ring (bicyclic) bond motifs is 2. The molecule has 3 amide bonds. The number of nitro benzene ring substituents is 1. The highest BCUT2D eigenvalue weighted by Crippen LogP contribution is 2.33. The number of nitrogens with one attached hydrogen (secondary N) is 1. The van der Waals surface area contributed by atoms with Gasteiger partial charge in [-0.3, -0.25) is 29.4 Å². The summed E-state index contributed by atoms with van der Waals surface area (Å²) in [4.78, 5) is 48.9. The van der Waals surface area contributed by atoms with E-state index in [4.69, 9.17) is 4.74 Å². The molecule has 1 N–H and O–H groups in total. The molecule has 2 aliphatic rings. The van der Waals surface area contributed by atoms with E-state index < -0.39 is 34.9 Å². The predicted octanol–water partition coefficient (Wildman–Crippen LogP) is 2.14. The first-order valence-electron chi connectivity index (χ1n) is 9.03. The number of ether oxygens (including phenoxy) is 1. The van der Waals surface area contributed by atoms with Gasteiger partial charge in [0, 0.05) is 18.1 Å². The number of aryl methyl sites for hydroxylation is 1. The van der Waals surface area contributed by atoms with Gasteiger partial charge < -0.3 is 10.1 Å². The lowest BCUT2D eigenvalue weighted by Crippen LogP contribution is -2.42. The summed E-state index contributed by atoms with van der Waals surface area (Å²) in [5, 5.41) is 14.0. The van der Waals surface area contributed by atoms with Crippen LogP contribution in [0.4, 0.5) is 5.69 Å². The van der Waals surface area contributed by atoms with E-state index in [1.54, 1.807) is 0 Å². The lowest BCUT2D eigenvalue weighted by atomic mass is 9.98. The maximum absolute atomic E-state index is 12.6. The zero-order chi connectivity index (χ0) is 20.7. The Morgan fingerprint density at radius 1 is 1.28 bits per heavy atom. The molecule has 9 nitrogen and oxygen atoms in total. The van der Waals surface area contributed by atoms with Crippen molar-refractivity contribution in [3.05, 3.63) is 68.8 Å². The third kappa shape index (κ3) is 3.20. The second-order valence-corrected chi connectivity index (χ2v) is 6.95. The van der Waals surface area contributed by atoms with Crippen LogP contribution in [0.3, 0.4) is 0 Å².